The number of carbonyl (C=O) groups is 1. The van der Waals surface area contributed by atoms with E-state index in [0.29, 0.717) is 40.0 Å². The summed E-state index contributed by atoms with van der Waals surface area (Å²) >= 11 is 5.89. The number of halogens is 1. The number of esters is 1. The fraction of sp³-hybridized carbons (Fsp3) is 0.185. The van der Waals surface area contributed by atoms with Crippen LogP contribution in [0.5, 0.6) is 5.75 Å². The van der Waals surface area contributed by atoms with E-state index in [0.717, 1.165) is 5.56 Å². The van der Waals surface area contributed by atoms with Crippen molar-refractivity contribution in [2.24, 2.45) is 0 Å². The highest BCUT2D eigenvalue weighted by molar-refractivity contribution is 6.30. The number of rotatable bonds is 8. The van der Waals surface area contributed by atoms with Crippen LogP contribution in [-0.2, 0) is 6.54 Å². The Bertz CT molecular complexity index is 1340. The highest BCUT2D eigenvalue weighted by atomic mass is 35.5. The third-order valence-corrected chi connectivity index (χ3v) is 5.98. The van der Waals surface area contributed by atoms with Gasteiger partial charge in [0.15, 0.2) is 5.75 Å². The highest BCUT2D eigenvalue weighted by Gasteiger charge is 2.23. The summed E-state index contributed by atoms with van der Waals surface area (Å²) in [6, 6.07) is 22.4. The van der Waals surface area contributed by atoms with Crippen molar-refractivity contribution in [1.82, 2.24) is 10.3 Å². The van der Waals surface area contributed by atoms with E-state index < -0.39 is 12.1 Å². The summed E-state index contributed by atoms with van der Waals surface area (Å²) in [6.07, 6.45) is -0.158. The molecule has 3 N–H and O–H groups in total. The first-order valence-electron chi connectivity index (χ1n) is 11.1. The highest BCUT2D eigenvalue weighted by Crippen LogP contribution is 2.32. The lowest BCUT2D eigenvalue weighted by Gasteiger charge is -2.25. The van der Waals surface area contributed by atoms with E-state index in [2.05, 4.69) is 10.3 Å². The van der Waals surface area contributed by atoms with Gasteiger partial charge in [-0.2, -0.15) is 0 Å². The van der Waals surface area contributed by atoms with Gasteiger partial charge < -0.3 is 20.1 Å². The van der Waals surface area contributed by atoms with Crippen LogP contribution in [0.15, 0.2) is 83.7 Å². The summed E-state index contributed by atoms with van der Waals surface area (Å²) in [7, 11) is 0. The Hall–Kier alpha value is -3.45. The second-order valence-corrected chi connectivity index (χ2v) is 8.42. The topological polar surface area (TPSA) is 91.4 Å². The van der Waals surface area contributed by atoms with E-state index in [9.17, 15) is 14.7 Å². The molecule has 0 saturated heterocycles. The summed E-state index contributed by atoms with van der Waals surface area (Å²) in [5, 5.41) is 15.8. The molecule has 0 aliphatic carbocycles. The molecule has 4 aromatic rings. The van der Waals surface area contributed by atoms with Crippen LogP contribution in [0.2, 0.25) is 5.02 Å². The number of benzene rings is 3. The quantitative estimate of drug-likeness (QED) is 0.246. The molecule has 4 rings (SSSR count). The van der Waals surface area contributed by atoms with Gasteiger partial charge in [-0.05, 0) is 53.9 Å². The molecule has 1 aromatic heterocycles. The molecule has 0 bridgehead atoms. The predicted octanol–water partition coefficient (Wildman–Crippen LogP) is 5.00. The number of nitrogens with one attached hydrogen (secondary N) is 2. The minimum atomic E-state index is -0.844. The van der Waals surface area contributed by atoms with Gasteiger partial charge in [0, 0.05) is 29.1 Å². The average molecular weight is 477 g/mol. The maximum Gasteiger partial charge on any atom is 0.343 e. The predicted molar refractivity (Wildman–Crippen MR) is 133 cm³/mol. The number of ether oxygens (including phenoxy) is 1. The summed E-state index contributed by atoms with van der Waals surface area (Å²) in [5.74, 6) is -0.374. The van der Waals surface area contributed by atoms with Gasteiger partial charge in [-0.15, -0.1) is 0 Å². The molecule has 0 saturated carbocycles. The molecule has 34 heavy (non-hydrogen) atoms. The van der Waals surface area contributed by atoms with Crippen molar-refractivity contribution >= 4 is 28.5 Å². The van der Waals surface area contributed by atoms with Gasteiger partial charge in [0.25, 0.3) is 0 Å². The van der Waals surface area contributed by atoms with Crippen LogP contribution >= 0.6 is 11.6 Å². The number of aromatic nitrogens is 1. The molecule has 0 aliphatic rings. The number of aliphatic hydroxyl groups excluding tert-OH is 1. The van der Waals surface area contributed by atoms with E-state index >= 15 is 0 Å². The molecule has 174 valence electrons. The van der Waals surface area contributed by atoms with Gasteiger partial charge in [-0.3, -0.25) is 4.79 Å². The normalized spacial score (nSPS) is 12.9. The molecular weight excluding hydrogens is 452 g/mol. The van der Waals surface area contributed by atoms with Crippen LogP contribution < -0.4 is 15.6 Å². The van der Waals surface area contributed by atoms with Crippen molar-refractivity contribution in [2.45, 2.75) is 32.0 Å². The van der Waals surface area contributed by atoms with Crippen molar-refractivity contribution in [1.29, 1.82) is 0 Å². The number of aliphatic hydroxyl groups is 1. The zero-order valence-electron chi connectivity index (χ0n) is 18.6. The summed E-state index contributed by atoms with van der Waals surface area (Å²) in [4.78, 5) is 27.5. The lowest BCUT2D eigenvalue weighted by molar-refractivity contribution is 0.0736. The van der Waals surface area contributed by atoms with Crippen molar-refractivity contribution in [3.8, 4) is 5.75 Å². The zero-order valence-corrected chi connectivity index (χ0v) is 19.4. The molecule has 3 aromatic carbocycles. The van der Waals surface area contributed by atoms with Crippen LogP contribution in [0.1, 0.15) is 40.9 Å². The fourth-order valence-electron chi connectivity index (χ4n) is 3.88. The lowest BCUT2D eigenvalue weighted by atomic mass is 9.96. The Morgan fingerprint density at radius 3 is 2.47 bits per heavy atom. The molecule has 0 radical (unpaired) electrons. The van der Waals surface area contributed by atoms with Crippen molar-refractivity contribution < 1.29 is 14.6 Å². The number of carbonyl (C=O) groups excluding carboxylic acids is 1. The van der Waals surface area contributed by atoms with Crippen molar-refractivity contribution in [2.75, 3.05) is 0 Å². The Morgan fingerprint density at radius 1 is 1.03 bits per heavy atom. The standard InChI is InChI=1S/C27H25ClN2O4/c1-2-22(29-16-17-6-4-3-5-7-17)26(32)21-12-14-23(25-20(21)13-15-24(31)30-25)34-27(33)18-8-10-19(28)11-9-18/h3-15,22,26,29,32H,2,16H2,1H3,(H,30,31). The second kappa shape index (κ2) is 10.7. The van der Waals surface area contributed by atoms with Crippen LogP contribution in [0, 0.1) is 0 Å². The molecule has 2 atom stereocenters. The van der Waals surface area contributed by atoms with Gasteiger partial charge in [0.05, 0.1) is 17.2 Å². The molecule has 0 aliphatic heterocycles. The van der Waals surface area contributed by atoms with Gasteiger partial charge in [0.1, 0.15) is 0 Å². The number of hydrogen-bond donors (Lipinski definition) is 3. The minimum Gasteiger partial charge on any atom is -0.421 e. The third kappa shape index (κ3) is 5.37. The number of H-pyrrole nitrogens is 1. The first-order valence-corrected chi connectivity index (χ1v) is 11.4. The van der Waals surface area contributed by atoms with E-state index in [-0.39, 0.29) is 17.4 Å². The molecule has 2 unspecified atom stereocenters. The first-order chi connectivity index (χ1) is 16.5. The second-order valence-electron chi connectivity index (χ2n) is 7.99. The van der Waals surface area contributed by atoms with Gasteiger partial charge >= 0.3 is 5.97 Å². The minimum absolute atomic E-state index is 0.203. The Labute approximate surface area is 202 Å². The largest absolute Gasteiger partial charge is 0.421 e. The van der Waals surface area contributed by atoms with Crippen LogP contribution in [-0.4, -0.2) is 22.1 Å². The van der Waals surface area contributed by atoms with Crippen molar-refractivity contribution in [3.63, 3.8) is 0 Å². The van der Waals surface area contributed by atoms with Crippen LogP contribution in [0.4, 0.5) is 0 Å². The Kier molecular flexibility index (Phi) is 7.43. The summed E-state index contributed by atoms with van der Waals surface area (Å²) in [6.45, 7) is 2.61. The van der Waals surface area contributed by atoms with Crippen molar-refractivity contribution in [3.05, 3.63) is 111 Å². The average Bonchev–Trinajstić information content (AvgIpc) is 2.85. The smallest absolute Gasteiger partial charge is 0.343 e. The molecule has 0 spiro atoms. The number of pyridine rings is 1. The van der Waals surface area contributed by atoms with Gasteiger partial charge in [-0.25, -0.2) is 4.79 Å². The summed E-state index contributed by atoms with van der Waals surface area (Å²) in [5.41, 5.74) is 2.09. The van der Waals surface area contributed by atoms with E-state index in [1.165, 1.54) is 6.07 Å². The number of fused-ring (bicyclic) bond motifs is 1. The van der Waals surface area contributed by atoms with Crippen LogP contribution in [0.3, 0.4) is 0 Å². The van der Waals surface area contributed by atoms with Gasteiger partial charge in [0.2, 0.25) is 5.56 Å². The maximum absolute atomic E-state index is 12.6. The monoisotopic (exact) mass is 476 g/mol. The van der Waals surface area contributed by atoms with Crippen LogP contribution in [0.25, 0.3) is 10.9 Å². The third-order valence-electron chi connectivity index (χ3n) is 5.72. The maximum atomic E-state index is 12.6. The molecule has 0 amide bonds. The van der Waals surface area contributed by atoms with E-state index in [1.807, 2.05) is 37.3 Å². The molecule has 7 heteroatoms. The number of aromatic amines is 1. The fourth-order valence-corrected chi connectivity index (χ4v) is 4.00. The summed E-state index contributed by atoms with van der Waals surface area (Å²) < 4.78 is 5.59. The van der Waals surface area contributed by atoms with E-state index in [4.69, 9.17) is 16.3 Å². The Balaban J connectivity index is 1.62. The first kappa shape index (κ1) is 23.7. The SMILES string of the molecule is CCC(NCc1ccccc1)C(O)c1ccc(OC(=O)c2ccc(Cl)cc2)c2[nH]c(=O)ccc12. The zero-order chi connectivity index (χ0) is 24.1. The van der Waals surface area contributed by atoms with Gasteiger partial charge in [-0.1, -0.05) is 54.9 Å². The van der Waals surface area contributed by atoms with E-state index in [1.54, 1.807) is 42.5 Å². The molecular formula is C27H25ClN2O4. The molecule has 0 fully saturated rings. The number of hydrogen-bond acceptors (Lipinski definition) is 5. The molecule has 6 nitrogen and oxygen atoms in total. The lowest BCUT2D eigenvalue weighted by Crippen LogP contribution is -2.34. The molecule has 1 heterocycles. The Morgan fingerprint density at radius 2 is 1.76 bits per heavy atom.